The van der Waals surface area contributed by atoms with Gasteiger partial charge in [0.2, 0.25) is 5.91 Å². The summed E-state index contributed by atoms with van der Waals surface area (Å²) in [6.45, 7) is 0.500. The molecule has 0 radical (unpaired) electrons. The van der Waals surface area contributed by atoms with E-state index in [0.29, 0.717) is 19.4 Å². The average Bonchev–Trinajstić information content (AvgIpc) is 2.90. The number of amides is 1. The van der Waals surface area contributed by atoms with Crippen LogP contribution in [-0.2, 0) is 16.0 Å². The Labute approximate surface area is 133 Å². The van der Waals surface area contributed by atoms with Gasteiger partial charge in [-0.1, -0.05) is 0 Å². The number of carbonyl (C=O) groups is 2. The van der Waals surface area contributed by atoms with Crippen molar-refractivity contribution in [1.82, 2.24) is 15.3 Å². The minimum atomic E-state index is -1.07. The summed E-state index contributed by atoms with van der Waals surface area (Å²) in [6, 6.07) is -1.74. The molecule has 0 aliphatic rings. The fraction of sp³-hybridized carbons (Fsp3) is 0.583. The molecule has 0 fully saturated rings. The number of aromatic amines is 1. The van der Waals surface area contributed by atoms with Crippen molar-refractivity contribution in [3.63, 3.8) is 0 Å². The zero-order valence-electron chi connectivity index (χ0n) is 11.6. The summed E-state index contributed by atoms with van der Waals surface area (Å²) in [5.41, 5.74) is 11.8. The highest BCUT2D eigenvalue weighted by atomic mass is 79.9. The molecular weight excluding hydrogens is 342 g/mol. The van der Waals surface area contributed by atoms with Crippen LogP contribution in [0.15, 0.2) is 12.5 Å². The van der Waals surface area contributed by atoms with E-state index in [2.05, 4.69) is 15.3 Å². The standard InChI is InChI=1S/C12H21N5O3.BrH/c13-4-2-1-3-10(12(19)20)17-11(18)9(14)5-8-6-15-7-16-8;/h6-7,9-10H,1-5,13-14H2,(H,15,16)(H,17,18)(H,19,20);1H. The van der Waals surface area contributed by atoms with Crippen molar-refractivity contribution in [2.75, 3.05) is 6.54 Å². The zero-order valence-corrected chi connectivity index (χ0v) is 13.3. The van der Waals surface area contributed by atoms with E-state index >= 15 is 0 Å². The third kappa shape index (κ3) is 7.21. The number of imidazole rings is 1. The number of hydrogen-bond donors (Lipinski definition) is 5. The van der Waals surface area contributed by atoms with E-state index in [9.17, 15) is 9.59 Å². The number of unbranched alkanes of at least 4 members (excludes halogenated alkanes) is 1. The Morgan fingerprint density at radius 2 is 2.14 bits per heavy atom. The summed E-state index contributed by atoms with van der Waals surface area (Å²) in [5.74, 6) is -1.55. The average molecular weight is 364 g/mol. The van der Waals surface area contributed by atoms with Crippen LogP contribution in [0.2, 0.25) is 0 Å². The first-order valence-corrected chi connectivity index (χ1v) is 6.50. The van der Waals surface area contributed by atoms with E-state index < -0.39 is 24.0 Å². The molecule has 1 aromatic heterocycles. The summed E-state index contributed by atoms with van der Waals surface area (Å²) in [7, 11) is 0. The highest BCUT2D eigenvalue weighted by molar-refractivity contribution is 8.93. The van der Waals surface area contributed by atoms with E-state index in [1.165, 1.54) is 6.33 Å². The van der Waals surface area contributed by atoms with Gasteiger partial charge in [-0.05, 0) is 25.8 Å². The lowest BCUT2D eigenvalue weighted by Crippen LogP contribution is -2.49. The predicted octanol–water partition coefficient (Wildman–Crippen LogP) is -0.444. The van der Waals surface area contributed by atoms with Crippen LogP contribution in [0, 0.1) is 0 Å². The van der Waals surface area contributed by atoms with Gasteiger partial charge >= 0.3 is 5.97 Å². The molecule has 0 saturated carbocycles. The minimum Gasteiger partial charge on any atom is -0.480 e. The number of halogens is 1. The van der Waals surface area contributed by atoms with Crippen molar-refractivity contribution in [1.29, 1.82) is 0 Å². The molecule has 1 aromatic rings. The summed E-state index contributed by atoms with van der Waals surface area (Å²) in [4.78, 5) is 29.6. The van der Waals surface area contributed by atoms with Crippen LogP contribution >= 0.6 is 17.0 Å². The van der Waals surface area contributed by atoms with Crippen LogP contribution < -0.4 is 16.8 Å². The van der Waals surface area contributed by atoms with Gasteiger partial charge in [0.25, 0.3) is 0 Å². The number of carboxylic acids is 1. The first-order chi connectivity index (χ1) is 9.54. The molecule has 9 heteroatoms. The second kappa shape index (κ2) is 10.3. The fourth-order valence-corrected chi connectivity index (χ4v) is 1.75. The third-order valence-electron chi connectivity index (χ3n) is 2.89. The molecule has 0 spiro atoms. The summed E-state index contributed by atoms with van der Waals surface area (Å²) in [5, 5.41) is 11.5. The quantitative estimate of drug-likeness (QED) is 0.375. The predicted molar refractivity (Wildman–Crippen MR) is 83.1 cm³/mol. The maximum absolute atomic E-state index is 11.9. The lowest BCUT2D eigenvalue weighted by atomic mass is 10.1. The van der Waals surface area contributed by atoms with Gasteiger partial charge in [-0.15, -0.1) is 17.0 Å². The molecule has 0 saturated heterocycles. The molecule has 120 valence electrons. The van der Waals surface area contributed by atoms with E-state index in [-0.39, 0.29) is 23.4 Å². The SMILES string of the molecule is Br.NCCCCC(NC(=O)C(N)Cc1cnc[nH]1)C(=O)O. The first-order valence-electron chi connectivity index (χ1n) is 6.50. The number of nitrogens with two attached hydrogens (primary N) is 2. The molecule has 1 rings (SSSR count). The number of rotatable bonds is 9. The molecule has 2 atom stereocenters. The highest BCUT2D eigenvalue weighted by Gasteiger charge is 2.23. The Balaban J connectivity index is 0.00000400. The molecule has 0 aliphatic heterocycles. The van der Waals surface area contributed by atoms with Crippen molar-refractivity contribution in [2.45, 2.75) is 37.8 Å². The van der Waals surface area contributed by atoms with Crippen molar-refractivity contribution < 1.29 is 14.7 Å². The Hall–Kier alpha value is -1.45. The van der Waals surface area contributed by atoms with Crippen molar-refractivity contribution >= 4 is 28.9 Å². The van der Waals surface area contributed by atoms with Gasteiger partial charge < -0.3 is 26.9 Å². The maximum Gasteiger partial charge on any atom is 0.326 e. The maximum atomic E-state index is 11.9. The lowest BCUT2D eigenvalue weighted by molar-refractivity contribution is -0.142. The molecule has 1 amide bonds. The summed E-state index contributed by atoms with van der Waals surface area (Å²) >= 11 is 0. The number of hydrogen-bond acceptors (Lipinski definition) is 5. The number of nitrogens with one attached hydrogen (secondary N) is 2. The molecule has 1 heterocycles. The van der Waals surface area contributed by atoms with Crippen molar-refractivity contribution in [2.24, 2.45) is 11.5 Å². The highest BCUT2D eigenvalue weighted by Crippen LogP contribution is 2.02. The van der Waals surface area contributed by atoms with Gasteiger partial charge in [0.1, 0.15) is 6.04 Å². The number of nitrogens with zero attached hydrogens (tertiary/aromatic N) is 1. The van der Waals surface area contributed by atoms with Crippen LogP contribution in [0.25, 0.3) is 0 Å². The second-order valence-electron chi connectivity index (χ2n) is 4.57. The van der Waals surface area contributed by atoms with Gasteiger partial charge in [-0.25, -0.2) is 9.78 Å². The molecular formula is C12H22BrN5O3. The van der Waals surface area contributed by atoms with Gasteiger partial charge in [0.05, 0.1) is 12.4 Å². The van der Waals surface area contributed by atoms with E-state index in [0.717, 1.165) is 12.1 Å². The van der Waals surface area contributed by atoms with Crippen molar-refractivity contribution in [3.05, 3.63) is 18.2 Å². The second-order valence-corrected chi connectivity index (χ2v) is 4.57. The van der Waals surface area contributed by atoms with E-state index in [4.69, 9.17) is 16.6 Å². The minimum absolute atomic E-state index is 0. The molecule has 21 heavy (non-hydrogen) atoms. The number of H-pyrrole nitrogens is 1. The van der Waals surface area contributed by atoms with Crippen molar-refractivity contribution in [3.8, 4) is 0 Å². The van der Waals surface area contributed by atoms with Gasteiger partial charge in [0, 0.05) is 18.3 Å². The lowest BCUT2D eigenvalue weighted by Gasteiger charge is -2.17. The van der Waals surface area contributed by atoms with Gasteiger partial charge in [-0.2, -0.15) is 0 Å². The first kappa shape index (κ1) is 19.6. The topological polar surface area (TPSA) is 147 Å². The third-order valence-corrected chi connectivity index (χ3v) is 2.89. The van der Waals surface area contributed by atoms with Gasteiger partial charge in [-0.3, -0.25) is 4.79 Å². The van der Waals surface area contributed by atoms with Crippen LogP contribution in [0.3, 0.4) is 0 Å². The zero-order chi connectivity index (χ0) is 15.0. The Kier molecular flexibility index (Phi) is 9.59. The van der Waals surface area contributed by atoms with Gasteiger partial charge in [0.15, 0.2) is 0 Å². The number of carbonyl (C=O) groups excluding carboxylic acids is 1. The van der Waals surface area contributed by atoms with E-state index in [1.807, 2.05) is 0 Å². The molecule has 2 unspecified atom stereocenters. The Morgan fingerprint density at radius 3 is 2.67 bits per heavy atom. The number of carboxylic acid groups (broad SMARTS) is 1. The summed E-state index contributed by atoms with van der Waals surface area (Å²) in [6.07, 6.45) is 5.05. The van der Waals surface area contributed by atoms with Crippen LogP contribution in [-0.4, -0.2) is 45.6 Å². The Morgan fingerprint density at radius 1 is 1.43 bits per heavy atom. The summed E-state index contributed by atoms with van der Waals surface area (Å²) < 4.78 is 0. The normalized spacial score (nSPS) is 13.0. The number of aliphatic carboxylic acids is 1. The fourth-order valence-electron chi connectivity index (χ4n) is 1.75. The number of aromatic nitrogens is 2. The molecule has 7 N–H and O–H groups in total. The molecule has 0 bridgehead atoms. The molecule has 8 nitrogen and oxygen atoms in total. The van der Waals surface area contributed by atoms with Crippen LogP contribution in [0.1, 0.15) is 25.0 Å². The molecule has 0 aromatic carbocycles. The Bertz CT molecular complexity index is 427. The monoisotopic (exact) mass is 363 g/mol. The van der Waals surface area contributed by atoms with Crippen LogP contribution in [0.5, 0.6) is 0 Å². The van der Waals surface area contributed by atoms with E-state index in [1.54, 1.807) is 6.20 Å². The smallest absolute Gasteiger partial charge is 0.326 e. The largest absolute Gasteiger partial charge is 0.480 e. The molecule has 0 aliphatic carbocycles. The van der Waals surface area contributed by atoms with Crippen LogP contribution in [0.4, 0.5) is 0 Å².